The van der Waals surface area contributed by atoms with Crippen molar-refractivity contribution >= 4 is 53.4 Å². The lowest BCUT2D eigenvalue weighted by Gasteiger charge is -2.10. The molecular weight excluding hydrogens is 625 g/mol. The number of hydrogen-bond donors (Lipinski definition) is 0. The Balaban J connectivity index is 0.923. The molecule has 0 amide bonds. The summed E-state index contributed by atoms with van der Waals surface area (Å²) >= 11 is 1.87. The summed E-state index contributed by atoms with van der Waals surface area (Å²) in [6.45, 7) is 0. The minimum atomic E-state index is 0.918. The number of furan rings is 1. The Morgan fingerprint density at radius 3 is 1.30 bits per heavy atom. The summed E-state index contributed by atoms with van der Waals surface area (Å²) < 4.78 is 8.84. The van der Waals surface area contributed by atoms with Gasteiger partial charge in [0.25, 0.3) is 0 Å². The lowest BCUT2D eigenvalue weighted by atomic mass is 9.94. The monoisotopic (exact) mass is 654 g/mol. The average molecular weight is 655 g/mol. The first-order chi connectivity index (χ1) is 24.7. The van der Waals surface area contributed by atoms with Gasteiger partial charge in [0.2, 0.25) is 0 Å². The molecule has 1 nitrogen and oxygen atoms in total. The SMILES string of the molecule is c1cc(-c2ccc(-c3cccc(-c4ccc5c(c4)oc4ccccc45)c3)cc2)cc(-c2cccc(-c3ccc4c(c3)sc3ccccc34)c2)c1. The van der Waals surface area contributed by atoms with E-state index in [1.807, 2.05) is 23.5 Å². The van der Waals surface area contributed by atoms with Crippen molar-refractivity contribution in [3.8, 4) is 55.6 Å². The lowest BCUT2D eigenvalue weighted by molar-refractivity contribution is 0.669. The smallest absolute Gasteiger partial charge is 0.136 e. The fourth-order valence-corrected chi connectivity index (χ4v) is 8.45. The molecule has 10 aromatic rings. The van der Waals surface area contributed by atoms with Crippen LogP contribution in [0.5, 0.6) is 0 Å². The summed E-state index contributed by atoms with van der Waals surface area (Å²) in [6, 6.07) is 65.8. The van der Waals surface area contributed by atoms with E-state index >= 15 is 0 Å². The van der Waals surface area contributed by atoms with Crippen LogP contribution in [-0.2, 0) is 0 Å². The van der Waals surface area contributed by atoms with E-state index in [-0.39, 0.29) is 0 Å². The van der Waals surface area contributed by atoms with Crippen LogP contribution in [0.25, 0.3) is 97.7 Å². The average Bonchev–Trinajstić information content (AvgIpc) is 3.76. The summed E-state index contributed by atoms with van der Waals surface area (Å²) in [5.74, 6) is 0. The van der Waals surface area contributed by atoms with E-state index in [9.17, 15) is 0 Å². The number of fused-ring (bicyclic) bond motifs is 6. The molecule has 0 bridgehead atoms. The molecule has 0 aliphatic heterocycles. The topological polar surface area (TPSA) is 13.1 Å². The first kappa shape index (κ1) is 28.8. The molecule has 0 aliphatic rings. The zero-order valence-corrected chi connectivity index (χ0v) is 28.0. The fourth-order valence-electron chi connectivity index (χ4n) is 7.30. The molecular formula is C48H30OS. The Labute approximate surface area is 294 Å². The van der Waals surface area contributed by atoms with Crippen LogP contribution in [0.4, 0.5) is 0 Å². The molecule has 2 heteroatoms. The second-order valence-electron chi connectivity index (χ2n) is 12.9. The van der Waals surface area contributed by atoms with Crippen molar-refractivity contribution in [1.82, 2.24) is 0 Å². The first-order valence-corrected chi connectivity index (χ1v) is 17.8. The molecule has 0 saturated heterocycles. The Morgan fingerprint density at radius 1 is 0.260 bits per heavy atom. The van der Waals surface area contributed by atoms with Crippen molar-refractivity contribution in [3.05, 3.63) is 182 Å². The standard InChI is InChI=1S/C48H30OS/c1-3-16-45-41(14-1)42-24-22-39(29-46(42)49-45)37-12-6-9-34(27-37)32-20-18-31(19-21-32)33-8-5-10-35(26-33)36-11-7-13-38(28-36)40-23-25-44-43-15-2-4-17-47(43)50-48(44)30-40/h1-30H. The van der Waals surface area contributed by atoms with Crippen LogP contribution in [-0.4, -0.2) is 0 Å². The maximum Gasteiger partial charge on any atom is 0.136 e. The number of hydrogen-bond acceptors (Lipinski definition) is 2. The molecule has 0 fully saturated rings. The normalized spacial score (nSPS) is 11.6. The molecule has 234 valence electrons. The van der Waals surface area contributed by atoms with Crippen LogP contribution < -0.4 is 0 Å². The van der Waals surface area contributed by atoms with E-state index in [1.54, 1.807) is 0 Å². The number of para-hydroxylation sites is 1. The number of thiophene rings is 1. The third kappa shape index (κ3) is 5.01. The van der Waals surface area contributed by atoms with Gasteiger partial charge in [-0.15, -0.1) is 11.3 Å². The minimum absolute atomic E-state index is 0.918. The van der Waals surface area contributed by atoms with E-state index in [0.29, 0.717) is 0 Å². The van der Waals surface area contributed by atoms with Gasteiger partial charge < -0.3 is 4.42 Å². The molecule has 2 aromatic heterocycles. The molecule has 50 heavy (non-hydrogen) atoms. The van der Waals surface area contributed by atoms with Crippen molar-refractivity contribution in [1.29, 1.82) is 0 Å². The highest BCUT2D eigenvalue weighted by Crippen LogP contribution is 2.38. The first-order valence-electron chi connectivity index (χ1n) is 17.0. The Bertz CT molecular complexity index is 2870. The van der Waals surface area contributed by atoms with E-state index in [2.05, 4.69) is 170 Å². The highest BCUT2D eigenvalue weighted by atomic mass is 32.1. The molecule has 8 aromatic carbocycles. The van der Waals surface area contributed by atoms with Crippen molar-refractivity contribution in [3.63, 3.8) is 0 Å². The van der Waals surface area contributed by atoms with Gasteiger partial charge in [-0.3, -0.25) is 0 Å². The van der Waals surface area contributed by atoms with E-state index in [4.69, 9.17) is 4.42 Å². The maximum absolute atomic E-state index is 6.17. The van der Waals surface area contributed by atoms with E-state index < -0.39 is 0 Å². The molecule has 2 heterocycles. The van der Waals surface area contributed by atoms with Crippen LogP contribution in [0.1, 0.15) is 0 Å². The van der Waals surface area contributed by atoms with Crippen LogP contribution in [0, 0.1) is 0 Å². The summed E-state index contributed by atoms with van der Waals surface area (Å²) in [7, 11) is 0. The van der Waals surface area contributed by atoms with Gasteiger partial charge in [0.05, 0.1) is 0 Å². The van der Waals surface area contributed by atoms with Crippen molar-refractivity contribution in [2.24, 2.45) is 0 Å². The van der Waals surface area contributed by atoms with E-state index in [0.717, 1.165) is 27.5 Å². The summed E-state index contributed by atoms with van der Waals surface area (Å²) in [5.41, 5.74) is 13.9. The Morgan fingerprint density at radius 2 is 0.680 bits per heavy atom. The van der Waals surface area contributed by atoms with Crippen molar-refractivity contribution in [2.45, 2.75) is 0 Å². The van der Waals surface area contributed by atoms with Crippen molar-refractivity contribution < 1.29 is 4.42 Å². The number of rotatable bonds is 5. The lowest BCUT2D eigenvalue weighted by Crippen LogP contribution is -1.85. The summed E-state index contributed by atoms with van der Waals surface area (Å²) in [4.78, 5) is 0. The van der Waals surface area contributed by atoms with Crippen LogP contribution in [0.2, 0.25) is 0 Å². The molecule has 0 unspecified atom stereocenters. The van der Waals surface area contributed by atoms with Gasteiger partial charge in [-0.25, -0.2) is 0 Å². The Hall–Kier alpha value is -6.22. The predicted molar refractivity (Wildman–Crippen MR) is 214 cm³/mol. The third-order valence-corrected chi connectivity index (χ3v) is 11.0. The highest BCUT2D eigenvalue weighted by molar-refractivity contribution is 7.25. The van der Waals surface area contributed by atoms with Gasteiger partial charge in [-0.2, -0.15) is 0 Å². The molecule has 0 saturated carbocycles. The Kier molecular flexibility index (Phi) is 6.75. The zero-order chi connectivity index (χ0) is 33.0. The fraction of sp³-hybridized carbons (Fsp3) is 0. The quantitative estimate of drug-likeness (QED) is 0.180. The number of benzene rings is 8. The molecule has 10 rings (SSSR count). The van der Waals surface area contributed by atoms with E-state index in [1.165, 1.54) is 70.2 Å². The molecule has 0 spiro atoms. The van der Waals surface area contributed by atoms with Gasteiger partial charge in [-0.05, 0) is 104 Å². The van der Waals surface area contributed by atoms with Crippen LogP contribution >= 0.6 is 11.3 Å². The van der Waals surface area contributed by atoms with Gasteiger partial charge in [-0.1, -0.05) is 133 Å². The molecule has 0 N–H and O–H groups in total. The van der Waals surface area contributed by atoms with Gasteiger partial charge in [0, 0.05) is 30.9 Å². The minimum Gasteiger partial charge on any atom is -0.456 e. The second-order valence-corrected chi connectivity index (χ2v) is 14.0. The predicted octanol–water partition coefficient (Wildman–Crippen LogP) is 14.3. The van der Waals surface area contributed by atoms with Gasteiger partial charge in [0.1, 0.15) is 11.2 Å². The maximum atomic E-state index is 6.17. The molecule has 0 aliphatic carbocycles. The largest absolute Gasteiger partial charge is 0.456 e. The van der Waals surface area contributed by atoms with Gasteiger partial charge >= 0.3 is 0 Å². The van der Waals surface area contributed by atoms with Crippen molar-refractivity contribution in [2.75, 3.05) is 0 Å². The third-order valence-electron chi connectivity index (χ3n) is 9.90. The summed E-state index contributed by atoms with van der Waals surface area (Å²) in [6.07, 6.45) is 0. The molecule has 0 radical (unpaired) electrons. The second kappa shape index (κ2) is 11.7. The van der Waals surface area contributed by atoms with Crippen LogP contribution in [0.3, 0.4) is 0 Å². The zero-order valence-electron chi connectivity index (χ0n) is 27.1. The summed E-state index contributed by atoms with van der Waals surface area (Å²) in [5, 5.41) is 4.97. The molecule has 0 atom stereocenters. The van der Waals surface area contributed by atoms with Gasteiger partial charge in [0.15, 0.2) is 0 Å². The highest BCUT2D eigenvalue weighted by Gasteiger charge is 2.11. The van der Waals surface area contributed by atoms with Crippen LogP contribution in [0.15, 0.2) is 186 Å².